The van der Waals surface area contributed by atoms with Crippen molar-refractivity contribution < 1.29 is 27.2 Å². The van der Waals surface area contributed by atoms with Gasteiger partial charge in [0.2, 0.25) is 5.01 Å². The molecule has 10 nitrogen and oxygen atoms in total. The number of nitrogens with zero attached hydrogens (tertiary/aromatic N) is 6. The number of aromatic nitrogens is 6. The number of hydrogen-bond donors (Lipinski definition) is 2. The van der Waals surface area contributed by atoms with Gasteiger partial charge in [0.05, 0.1) is 12.7 Å². The molecule has 2 N–H and O–H groups in total. The van der Waals surface area contributed by atoms with Crippen LogP contribution in [0.2, 0.25) is 0 Å². The van der Waals surface area contributed by atoms with E-state index in [9.17, 15) is 27.2 Å². The van der Waals surface area contributed by atoms with E-state index in [0.717, 1.165) is 17.5 Å². The van der Waals surface area contributed by atoms with Gasteiger partial charge in [-0.2, -0.15) is 13.2 Å². The summed E-state index contributed by atoms with van der Waals surface area (Å²) in [6, 6.07) is 2.56. The standard InChI is InChI=1S/C18H18F4N8O2S/c1-23-15(31)12-9-30(29-26-12)8-11(19)4-5-13-27-28-17(33-13)16(32)25-7-10-3-2-6-24-14(10)18(20,21)22/h2-3,6,9,11H,4-5,7-8H2,1H3,(H,23,31)(H,25,32). The molecule has 1 unspecified atom stereocenters. The summed E-state index contributed by atoms with van der Waals surface area (Å²) in [5, 5.41) is 20.0. The molecule has 1 atom stereocenters. The highest BCUT2D eigenvalue weighted by molar-refractivity contribution is 7.13. The maximum Gasteiger partial charge on any atom is 0.433 e. The minimum absolute atomic E-state index is 0.0515. The van der Waals surface area contributed by atoms with Crippen LogP contribution < -0.4 is 10.6 Å². The fourth-order valence-electron chi connectivity index (χ4n) is 2.73. The second-order valence-electron chi connectivity index (χ2n) is 6.73. The molecule has 2 amide bonds. The number of aryl methyl sites for hydroxylation is 1. The third-order valence-corrected chi connectivity index (χ3v) is 5.30. The molecule has 0 saturated carbocycles. The van der Waals surface area contributed by atoms with E-state index < -0.39 is 29.9 Å². The topological polar surface area (TPSA) is 128 Å². The van der Waals surface area contributed by atoms with E-state index in [1.54, 1.807) is 0 Å². The van der Waals surface area contributed by atoms with Gasteiger partial charge in [-0.25, -0.2) is 9.07 Å². The SMILES string of the molecule is CNC(=O)c1cn(CC(F)CCc2nnc(C(=O)NCc3cccnc3C(F)(F)F)s2)nn1. The van der Waals surface area contributed by atoms with Crippen molar-refractivity contribution in [2.75, 3.05) is 7.05 Å². The smallest absolute Gasteiger partial charge is 0.354 e. The summed E-state index contributed by atoms with van der Waals surface area (Å²) < 4.78 is 54.4. The van der Waals surface area contributed by atoms with Crippen LogP contribution in [0.4, 0.5) is 17.6 Å². The van der Waals surface area contributed by atoms with E-state index in [1.807, 2.05) is 0 Å². The number of rotatable bonds is 9. The Morgan fingerprint density at radius 1 is 1.21 bits per heavy atom. The van der Waals surface area contributed by atoms with Crippen LogP contribution in [-0.4, -0.2) is 55.2 Å². The Morgan fingerprint density at radius 3 is 2.73 bits per heavy atom. The summed E-state index contributed by atoms with van der Waals surface area (Å²) in [5.41, 5.74) is -1.19. The molecule has 0 spiro atoms. The second kappa shape index (κ2) is 10.4. The molecule has 0 radical (unpaired) electrons. The van der Waals surface area contributed by atoms with Crippen molar-refractivity contribution in [3.63, 3.8) is 0 Å². The van der Waals surface area contributed by atoms with Gasteiger partial charge < -0.3 is 10.6 Å². The molecule has 0 aromatic carbocycles. The minimum Gasteiger partial charge on any atom is -0.354 e. The lowest BCUT2D eigenvalue weighted by Gasteiger charge is -2.11. The zero-order valence-electron chi connectivity index (χ0n) is 17.1. The first-order chi connectivity index (χ1) is 15.7. The van der Waals surface area contributed by atoms with E-state index in [2.05, 4.69) is 36.1 Å². The quantitative estimate of drug-likeness (QED) is 0.442. The third-order valence-electron chi connectivity index (χ3n) is 4.32. The van der Waals surface area contributed by atoms with E-state index in [-0.39, 0.29) is 42.2 Å². The van der Waals surface area contributed by atoms with Crippen LogP contribution in [-0.2, 0) is 25.7 Å². The van der Waals surface area contributed by atoms with Crippen molar-refractivity contribution in [1.29, 1.82) is 0 Å². The molecule has 0 bridgehead atoms. The second-order valence-corrected chi connectivity index (χ2v) is 7.80. The molecule has 0 saturated heterocycles. The number of amides is 2. The van der Waals surface area contributed by atoms with Gasteiger partial charge in [0.15, 0.2) is 5.69 Å². The Hall–Kier alpha value is -3.49. The first-order valence-corrected chi connectivity index (χ1v) is 10.4. The van der Waals surface area contributed by atoms with Crippen LogP contribution in [0.3, 0.4) is 0 Å². The lowest BCUT2D eigenvalue weighted by atomic mass is 10.2. The number of alkyl halides is 4. The average molecular weight is 486 g/mol. The largest absolute Gasteiger partial charge is 0.433 e. The highest BCUT2D eigenvalue weighted by atomic mass is 32.1. The van der Waals surface area contributed by atoms with Crippen molar-refractivity contribution in [2.45, 2.75) is 38.3 Å². The number of carbonyl (C=O) groups is 2. The van der Waals surface area contributed by atoms with Gasteiger partial charge in [0.25, 0.3) is 11.8 Å². The van der Waals surface area contributed by atoms with E-state index in [1.165, 1.54) is 30.1 Å². The first kappa shape index (κ1) is 24.2. The van der Waals surface area contributed by atoms with Gasteiger partial charge in [-0.3, -0.25) is 14.6 Å². The highest BCUT2D eigenvalue weighted by Gasteiger charge is 2.35. The van der Waals surface area contributed by atoms with E-state index in [4.69, 9.17) is 0 Å². The molecule has 3 heterocycles. The molecule has 15 heteroatoms. The predicted molar refractivity (Wildman–Crippen MR) is 107 cm³/mol. The zero-order chi connectivity index (χ0) is 24.0. The Balaban J connectivity index is 1.50. The molecule has 0 fully saturated rings. The summed E-state index contributed by atoms with van der Waals surface area (Å²) in [6.45, 7) is -0.512. The molecule has 0 aliphatic rings. The molecular weight excluding hydrogens is 468 g/mol. The van der Waals surface area contributed by atoms with Crippen LogP contribution in [0.25, 0.3) is 0 Å². The van der Waals surface area contributed by atoms with Crippen LogP contribution in [0.5, 0.6) is 0 Å². The van der Waals surface area contributed by atoms with E-state index >= 15 is 0 Å². The zero-order valence-corrected chi connectivity index (χ0v) is 18.0. The predicted octanol–water partition coefficient (Wildman–Crippen LogP) is 1.80. The third kappa shape index (κ3) is 6.50. The molecular formula is C18H18F4N8O2S. The number of hydrogen-bond acceptors (Lipinski definition) is 8. The van der Waals surface area contributed by atoms with Crippen molar-refractivity contribution in [2.24, 2.45) is 0 Å². The minimum atomic E-state index is -4.64. The van der Waals surface area contributed by atoms with E-state index in [0.29, 0.717) is 5.01 Å². The summed E-state index contributed by atoms with van der Waals surface area (Å²) >= 11 is 0.919. The summed E-state index contributed by atoms with van der Waals surface area (Å²) in [6.07, 6.45) is -3.38. The molecule has 3 rings (SSSR count). The first-order valence-electron chi connectivity index (χ1n) is 9.55. The summed E-state index contributed by atoms with van der Waals surface area (Å²) in [4.78, 5) is 27.0. The highest BCUT2D eigenvalue weighted by Crippen LogP contribution is 2.30. The fraction of sp³-hybridized carbons (Fsp3) is 0.389. The molecule has 0 aliphatic heterocycles. The molecule has 3 aromatic rings. The van der Waals surface area contributed by atoms with Gasteiger partial charge in [-0.15, -0.1) is 15.3 Å². The number of carbonyl (C=O) groups excluding carboxylic acids is 2. The Labute approximate surface area is 188 Å². The summed E-state index contributed by atoms with van der Waals surface area (Å²) in [5.74, 6) is -1.13. The molecule has 33 heavy (non-hydrogen) atoms. The van der Waals surface area contributed by atoms with Gasteiger partial charge in [-0.1, -0.05) is 22.6 Å². The van der Waals surface area contributed by atoms with Gasteiger partial charge in [-0.05, 0) is 12.5 Å². The molecule has 176 valence electrons. The molecule has 0 aliphatic carbocycles. The van der Waals surface area contributed by atoms with Gasteiger partial charge >= 0.3 is 6.18 Å². The van der Waals surface area contributed by atoms with Crippen molar-refractivity contribution in [1.82, 2.24) is 40.8 Å². The Kier molecular flexibility index (Phi) is 7.63. The normalized spacial score (nSPS) is 12.4. The van der Waals surface area contributed by atoms with Crippen LogP contribution in [0, 0.1) is 0 Å². The maximum atomic E-state index is 14.3. The lowest BCUT2D eigenvalue weighted by molar-refractivity contribution is -0.141. The Bertz CT molecular complexity index is 1120. The number of halogens is 4. The van der Waals surface area contributed by atoms with Crippen molar-refractivity contribution in [3.8, 4) is 0 Å². The van der Waals surface area contributed by atoms with Gasteiger partial charge in [0, 0.05) is 31.8 Å². The van der Waals surface area contributed by atoms with Crippen LogP contribution in [0.1, 0.15) is 43.0 Å². The molecule has 3 aromatic heterocycles. The number of pyridine rings is 1. The Morgan fingerprint density at radius 2 is 2.00 bits per heavy atom. The average Bonchev–Trinajstić information content (AvgIpc) is 3.45. The van der Waals surface area contributed by atoms with Crippen LogP contribution in [0.15, 0.2) is 24.5 Å². The monoisotopic (exact) mass is 486 g/mol. The number of nitrogens with one attached hydrogen (secondary N) is 2. The van der Waals surface area contributed by atoms with Crippen LogP contribution >= 0.6 is 11.3 Å². The fourth-order valence-corrected chi connectivity index (χ4v) is 3.50. The van der Waals surface area contributed by atoms with Gasteiger partial charge in [0.1, 0.15) is 16.9 Å². The van der Waals surface area contributed by atoms with Crippen molar-refractivity contribution in [3.05, 3.63) is 51.5 Å². The summed E-state index contributed by atoms with van der Waals surface area (Å²) in [7, 11) is 1.44. The maximum absolute atomic E-state index is 14.3. The van der Waals surface area contributed by atoms with Crippen molar-refractivity contribution >= 4 is 23.2 Å². The lowest BCUT2D eigenvalue weighted by Crippen LogP contribution is -2.25.